The fraction of sp³-hybridized carbons (Fsp3) is 0.607. The van der Waals surface area contributed by atoms with Gasteiger partial charge in [0, 0.05) is 5.92 Å². The van der Waals surface area contributed by atoms with Gasteiger partial charge in [0.25, 0.3) is 0 Å². The van der Waals surface area contributed by atoms with E-state index in [2.05, 4.69) is 25.2 Å². The van der Waals surface area contributed by atoms with Crippen LogP contribution < -0.4 is 0 Å². The first-order valence-electron chi connectivity index (χ1n) is 12.4. The van der Waals surface area contributed by atoms with Crippen molar-refractivity contribution in [3.63, 3.8) is 0 Å². The third-order valence-electron chi connectivity index (χ3n) is 7.38. The molecule has 4 nitrogen and oxygen atoms in total. The topological polar surface area (TPSA) is 77.8 Å². The van der Waals surface area contributed by atoms with Crippen molar-refractivity contribution in [2.45, 2.75) is 89.8 Å². The summed E-state index contributed by atoms with van der Waals surface area (Å²) in [4.78, 5) is 11.4. The molecule has 4 heteroatoms. The van der Waals surface area contributed by atoms with Crippen molar-refractivity contribution in [1.29, 1.82) is 0 Å². The molecule has 3 N–H and O–H groups in total. The molecule has 0 heterocycles. The summed E-state index contributed by atoms with van der Waals surface area (Å²) in [6.07, 6.45) is 15.7. The lowest BCUT2D eigenvalue weighted by Crippen LogP contribution is -2.23. The van der Waals surface area contributed by atoms with Crippen LogP contribution in [-0.4, -0.2) is 33.0 Å². The normalized spacial score (nSPS) is 26.8. The molecule has 5 atom stereocenters. The van der Waals surface area contributed by atoms with Gasteiger partial charge in [-0.3, -0.25) is 0 Å². The molecule has 32 heavy (non-hydrogen) atoms. The van der Waals surface area contributed by atoms with Gasteiger partial charge in [0.15, 0.2) is 0 Å². The number of carbonyl (C=O) groups is 1. The van der Waals surface area contributed by atoms with Gasteiger partial charge in [0.05, 0.1) is 17.3 Å². The lowest BCUT2D eigenvalue weighted by atomic mass is 9.87. The number of aliphatic hydroxyl groups is 2. The van der Waals surface area contributed by atoms with Crippen LogP contribution in [0.4, 0.5) is 0 Å². The largest absolute Gasteiger partial charge is 0.478 e. The van der Waals surface area contributed by atoms with Gasteiger partial charge in [0.1, 0.15) is 0 Å². The van der Waals surface area contributed by atoms with Crippen molar-refractivity contribution in [1.82, 2.24) is 0 Å². The first-order chi connectivity index (χ1) is 15.3. The average Bonchev–Trinajstić information content (AvgIpc) is 3.27. The number of hydrogen-bond acceptors (Lipinski definition) is 3. The summed E-state index contributed by atoms with van der Waals surface area (Å²) in [7, 11) is 0. The summed E-state index contributed by atoms with van der Waals surface area (Å²) < 4.78 is 0. The van der Waals surface area contributed by atoms with Gasteiger partial charge in [-0.2, -0.15) is 0 Å². The third-order valence-corrected chi connectivity index (χ3v) is 7.38. The van der Waals surface area contributed by atoms with Gasteiger partial charge in [-0.15, -0.1) is 0 Å². The van der Waals surface area contributed by atoms with E-state index >= 15 is 0 Å². The zero-order chi connectivity index (χ0) is 23.1. The Balaban J connectivity index is 1.46. The summed E-state index contributed by atoms with van der Waals surface area (Å²) in [6.45, 7) is 4.05. The lowest BCUT2D eigenvalue weighted by molar-refractivity contribution is 0.0513. The second-order valence-electron chi connectivity index (χ2n) is 10.1. The summed E-state index contributed by atoms with van der Waals surface area (Å²) in [5.74, 6) is 0.266. The monoisotopic (exact) mass is 440 g/mol. The Bertz CT molecular complexity index is 822. The van der Waals surface area contributed by atoms with Crippen LogP contribution in [0.3, 0.4) is 0 Å². The minimum Gasteiger partial charge on any atom is -0.478 e. The second kappa shape index (κ2) is 11.3. The first kappa shape index (κ1) is 24.7. The van der Waals surface area contributed by atoms with Crippen LogP contribution in [0, 0.1) is 17.8 Å². The van der Waals surface area contributed by atoms with Crippen molar-refractivity contribution < 1.29 is 20.1 Å². The van der Waals surface area contributed by atoms with Gasteiger partial charge in [0.2, 0.25) is 0 Å². The van der Waals surface area contributed by atoms with Gasteiger partial charge in [-0.25, -0.2) is 4.79 Å². The number of hydrogen-bond donors (Lipinski definition) is 3. The van der Waals surface area contributed by atoms with Gasteiger partial charge in [-0.1, -0.05) is 61.8 Å². The quantitative estimate of drug-likeness (QED) is 0.278. The number of unbranched alkanes of at least 4 members (excludes halogenated alkanes) is 2. The average molecular weight is 441 g/mol. The van der Waals surface area contributed by atoms with Crippen molar-refractivity contribution in [3.8, 4) is 0 Å². The molecule has 176 valence electrons. The molecule has 2 aliphatic carbocycles. The fourth-order valence-corrected chi connectivity index (χ4v) is 5.54. The molecule has 0 unspecified atom stereocenters. The van der Waals surface area contributed by atoms with E-state index < -0.39 is 11.6 Å². The van der Waals surface area contributed by atoms with Crippen LogP contribution in [0.15, 0.2) is 48.1 Å². The highest BCUT2D eigenvalue weighted by Crippen LogP contribution is 2.48. The molecule has 0 amide bonds. The third kappa shape index (κ3) is 6.55. The molecule has 1 saturated carbocycles. The highest BCUT2D eigenvalue weighted by Gasteiger charge is 2.43. The molecule has 1 fully saturated rings. The SMILES string of the molecule is CCCC[C@](C)(O)CC=C[C@H]1[C@H]2CC(CCCCc3ccccc3C(=O)O)=C[C@H]2C[C@H]1O. The van der Waals surface area contributed by atoms with Crippen LogP contribution in [-0.2, 0) is 6.42 Å². The smallest absolute Gasteiger partial charge is 0.335 e. The molecule has 0 spiro atoms. The van der Waals surface area contributed by atoms with E-state index in [0.717, 1.165) is 63.4 Å². The van der Waals surface area contributed by atoms with Crippen molar-refractivity contribution in [2.24, 2.45) is 17.8 Å². The maximum absolute atomic E-state index is 11.4. The van der Waals surface area contributed by atoms with Crippen LogP contribution in [0.5, 0.6) is 0 Å². The van der Waals surface area contributed by atoms with Gasteiger partial charge >= 0.3 is 5.97 Å². The number of fused-ring (bicyclic) bond motifs is 1. The van der Waals surface area contributed by atoms with Crippen LogP contribution in [0.25, 0.3) is 0 Å². The lowest BCUT2D eigenvalue weighted by Gasteiger charge is -2.22. The van der Waals surface area contributed by atoms with E-state index in [4.69, 9.17) is 0 Å². The van der Waals surface area contributed by atoms with Crippen molar-refractivity contribution in [2.75, 3.05) is 0 Å². The molecule has 1 aromatic rings. The maximum atomic E-state index is 11.4. The Morgan fingerprint density at radius 3 is 2.69 bits per heavy atom. The number of allylic oxidation sites excluding steroid dienone is 2. The number of rotatable bonds is 12. The van der Waals surface area contributed by atoms with Crippen LogP contribution >= 0.6 is 0 Å². The van der Waals surface area contributed by atoms with Crippen molar-refractivity contribution >= 4 is 5.97 Å². The molecular formula is C28H40O4. The first-order valence-corrected chi connectivity index (χ1v) is 12.4. The Morgan fingerprint density at radius 1 is 1.19 bits per heavy atom. The predicted molar refractivity (Wildman–Crippen MR) is 129 cm³/mol. The Hall–Kier alpha value is -1.91. The molecule has 0 aliphatic heterocycles. The summed E-state index contributed by atoms with van der Waals surface area (Å²) in [5, 5.41) is 30.4. The molecule has 1 aromatic carbocycles. The van der Waals surface area contributed by atoms with Crippen molar-refractivity contribution in [3.05, 3.63) is 59.2 Å². The maximum Gasteiger partial charge on any atom is 0.335 e. The standard InChI is InChI=1S/C28H40O4/c1-3-4-15-28(2,32)16-9-14-24-25-18-20(17-22(25)19-26(24)29)10-5-6-11-21-12-7-8-13-23(21)27(30)31/h7-9,12-14,17,22,24-26,29,32H,3-6,10-11,15-16,18-19H2,1-2H3,(H,30,31)/t22-,24-,25-,26+,28-/m0/s1. The number of carboxylic acids is 1. The summed E-state index contributed by atoms with van der Waals surface area (Å²) >= 11 is 0. The number of benzene rings is 1. The van der Waals surface area contributed by atoms with E-state index in [1.54, 1.807) is 12.1 Å². The Labute approximate surface area is 193 Å². The molecule has 3 rings (SSSR count). The van der Waals surface area contributed by atoms with E-state index in [0.29, 0.717) is 23.8 Å². The molecule has 0 aromatic heterocycles. The predicted octanol–water partition coefficient (Wildman–Crippen LogP) is 5.93. The van der Waals surface area contributed by atoms with E-state index in [-0.39, 0.29) is 12.0 Å². The van der Waals surface area contributed by atoms with Gasteiger partial charge < -0.3 is 15.3 Å². The number of aromatic carboxylic acids is 1. The molecule has 0 bridgehead atoms. The molecule has 0 radical (unpaired) electrons. The Kier molecular flexibility index (Phi) is 8.72. The van der Waals surface area contributed by atoms with E-state index in [9.17, 15) is 20.1 Å². The highest BCUT2D eigenvalue weighted by molar-refractivity contribution is 5.89. The van der Waals surface area contributed by atoms with Crippen LogP contribution in [0.2, 0.25) is 0 Å². The second-order valence-corrected chi connectivity index (χ2v) is 10.1. The summed E-state index contributed by atoms with van der Waals surface area (Å²) in [5.41, 5.74) is 2.17. The Morgan fingerprint density at radius 2 is 1.94 bits per heavy atom. The zero-order valence-electron chi connectivity index (χ0n) is 19.7. The van der Waals surface area contributed by atoms with Gasteiger partial charge in [-0.05, 0) is 81.8 Å². The molecule has 2 aliphatic rings. The fourth-order valence-electron chi connectivity index (χ4n) is 5.54. The number of aliphatic hydroxyl groups excluding tert-OH is 1. The number of carboxylic acid groups (broad SMARTS) is 1. The van der Waals surface area contributed by atoms with E-state index in [1.807, 2.05) is 19.1 Å². The minimum atomic E-state index is -0.851. The number of aryl methyl sites for hydroxylation is 1. The zero-order valence-corrected chi connectivity index (χ0v) is 19.7. The summed E-state index contributed by atoms with van der Waals surface area (Å²) in [6, 6.07) is 7.28. The molecular weight excluding hydrogens is 400 g/mol. The molecule has 0 saturated heterocycles. The van der Waals surface area contributed by atoms with Crippen LogP contribution in [0.1, 0.15) is 87.6 Å². The van der Waals surface area contributed by atoms with E-state index in [1.165, 1.54) is 5.57 Å². The minimum absolute atomic E-state index is 0.179. The highest BCUT2D eigenvalue weighted by atomic mass is 16.4.